The average molecular weight is 449 g/mol. The van der Waals surface area contributed by atoms with Crippen LogP contribution in [0.25, 0.3) is 0 Å². The molecule has 9 heteroatoms. The second-order valence-corrected chi connectivity index (χ2v) is 9.54. The van der Waals surface area contributed by atoms with Crippen molar-refractivity contribution in [3.63, 3.8) is 0 Å². The van der Waals surface area contributed by atoms with E-state index in [4.69, 9.17) is 9.47 Å². The minimum absolute atomic E-state index is 0.0426. The molecule has 8 nitrogen and oxygen atoms in total. The molecule has 2 rings (SSSR count). The van der Waals surface area contributed by atoms with Gasteiger partial charge >= 0.3 is 0 Å². The minimum Gasteiger partial charge on any atom is -0.494 e. The molecule has 0 saturated carbocycles. The Morgan fingerprint density at radius 1 is 1.19 bits per heavy atom. The highest BCUT2D eigenvalue weighted by molar-refractivity contribution is 7.90. The number of nitrogens with one attached hydrogen (secondary N) is 2. The Morgan fingerprint density at radius 2 is 1.90 bits per heavy atom. The quantitative estimate of drug-likeness (QED) is 0.402. The van der Waals surface area contributed by atoms with E-state index in [1.165, 1.54) is 6.26 Å². The molecule has 0 aliphatic carbocycles. The molecule has 0 spiro atoms. The van der Waals surface area contributed by atoms with Crippen molar-refractivity contribution in [1.29, 1.82) is 0 Å². The van der Waals surface area contributed by atoms with Gasteiger partial charge in [-0.15, -0.1) is 0 Å². The number of pyridine rings is 1. The Kier molecular flexibility index (Phi) is 9.58. The molecule has 170 valence electrons. The third-order valence-electron chi connectivity index (χ3n) is 4.34. The Balaban J connectivity index is 1.95. The molecular formula is C22H32N4O4S. The van der Waals surface area contributed by atoms with Crippen molar-refractivity contribution >= 4 is 15.8 Å². The lowest BCUT2D eigenvalue weighted by molar-refractivity contribution is 0.317. The lowest BCUT2D eigenvalue weighted by Crippen LogP contribution is -2.42. The van der Waals surface area contributed by atoms with Crippen LogP contribution in [0.3, 0.4) is 0 Å². The first-order valence-electron chi connectivity index (χ1n) is 10.3. The Bertz CT molecular complexity index is 946. The zero-order valence-corrected chi connectivity index (χ0v) is 19.4. The van der Waals surface area contributed by atoms with Gasteiger partial charge in [0.25, 0.3) is 0 Å². The fraction of sp³-hybridized carbons (Fsp3) is 0.455. The van der Waals surface area contributed by atoms with E-state index in [0.717, 1.165) is 17.7 Å². The molecule has 1 aromatic carbocycles. The van der Waals surface area contributed by atoms with Crippen LogP contribution in [-0.4, -0.2) is 51.1 Å². The van der Waals surface area contributed by atoms with Gasteiger partial charge < -0.3 is 20.1 Å². The predicted octanol–water partition coefficient (Wildman–Crippen LogP) is 3.15. The molecule has 1 heterocycles. The summed E-state index contributed by atoms with van der Waals surface area (Å²) in [6.07, 6.45) is 4.37. The molecule has 1 aromatic heterocycles. The highest BCUT2D eigenvalue weighted by Gasteiger charge is 2.11. The number of hydrogen-bond acceptors (Lipinski definition) is 6. The molecule has 0 amide bonds. The van der Waals surface area contributed by atoms with Crippen LogP contribution in [-0.2, 0) is 16.4 Å². The molecule has 0 aliphatic rings. The summed E-state index contributed by atoms with van der Waals surface area (Å²) in [6, 6.07) is 11.2. The molecule has 0 fully saturated rings. The maximum atomic E-state index is 11.4. The van der Waals surface area contributed by atoms with Gasteiger partial charge in [-0.1, -0.05) is 13.0 Å². The SMILES string of the molecule is CCCOc1ccc(Oc2ncccc2CNC(=NC)NC(C)CCS(C)(=O)=O)cc1. The summed E-state index contributed by atoms with van der Waals surface area (Å²) >= 11 is 0. The first kappa shape index (κ1) is 24.5. The third-order valence-corrected chi connectivity index (χ3v) is 5.31. The molecule has 0 bridgehead atoms. The van der Waals surface area contributed by atoms with Gasteiger partial charge in [-0.05, 0) is 50.1 Å². The summed E-state index contributed by atoms with van der Waals surface area (Å²) in [4.78, 5) is 8.55. The number of hydrogen-bond donors (Lipinski definition) is 2. The summed E-state index contributed by atoms with van der Waals surface area (Å²) < 4.78 is 34.3. The largest absolute Gasteiger partial charge is 0.494 e. The Morgan fingerprint density at radius 3 is 2.55 bits per heavy atom. The van der Waals surface area contributed by atoms with Gasteiger partial charge in [-0.2, -0.15) is 0 Å². The van der Waals surface area contributed by atoms with Gasteiger partial charge in [0.2, 0.25) is 5.88 Å². The zero-order chi connectivity index (χ0) is 22.7. The number of nitrogens with zero attached hydrogens (tertiary/aromatic N) is 2. The first-order valence-corrected chi connectivity index (χ1v) is 12.4. The molecule has 1 unspecified atom stereocenters. The van der Waals surface area contributed by atoms with E-state index in [0.29, 0.717) is 37.2 Å². The van der Waals surface area contributed by atoms with Crippen molar-refractivity contribution in [2.45, 2.75) is 39.3 Å². The van der Waals surface area contributed by atoms with Crippen molar-refractivity contribution in [3.05, 3.63) is 48.2 Å². The lowest BCUT2D eigenvalue weighted by atomic mass is 10.2. The van der Waals surface area contributed by atoms with Gasteiger partial charge in [0.05, 0.1) is 12.4 Å². The van der Waals surface area contributed by atoms with E-state index in [9.17, 15) is 8.42 Å². The molecule has 0 aliphatic heterocycles. The maximum Gasteiger partial charge on any atom is 0.224 e. The van der Waals surface area contributed by atoms with E-state index in [1.807, 2.05) is 43.3 Å². The fourth-order valence-corrected chi connectivity index (χ4v) is 3.44. The van der Waals surface area contributed by atoms with Gasteiger partial charge in [0.1, 0.15) is 21.3 Å². The third kappa shape index (κ3) is 9.25. The average Bonchev–Trinajstić information content (AvgIpc) is 2.75. The van der Waals surface area contributed by atoms with E-state index < -0.39 is 9.84 Å². The van der Waals surface area contributed by atoms with Gasteiger partial charge in [-0.25, -0.2) is 13.4 Å². The molecule has 31 heavy (non-hydrogen) atoms. The minimum atomic E-state index is -2.99. The smallest absolute Gasteiger partial charge is 0.224 e. The summed E-state index contributed by atoms with van der Waals surface area (Å²) in [5.74, 6) is 2.67. The van der Waals surface area contributed by atoms with Crippen molar-refractivity contribution in [2.24, 2.45) is 4.99 Å². The fourth-order valence-electron chi connectivity index (χ4n) is 2.66. The van der Waals surface area contributed by atoms with Crippen molar-refractivity contribution in [3.8, 4) is 17.4 Å². The van der Waals surface area contributed by atoms with Crippen LogP contribution in [0.5, 0.6) is 17.4 Å². The zero-order valence-electron chi connectivity index (χ0n) is 18.6. The lowest BCUT2D eigenvalue weighted by Gasteiger charge is -2.18. The van der Waals surface area contributed by atoms with Crippen molar-refractivity contribution in [1.82, 2.24) is 15.6 Å². The van der Waals surface area contributed by atoms with Crippen LogP contribution in [0.2, 0.25) is 0 Å². The van der Waals surface area contributed by atoms with Crippen LogP contribution in [0, 0.1) is 0 Å². The molecule has 0 radical (unpaired) electrons. The summed E-state index contributed by atoms with van der Waals surface area (Å²) in [5, 5.41) is 6.42. The van der Waals surface area contributed by atoms with Crippen molar-refractivity contribution < 1.29 is 17.9 Å². The molecule has 2 N–H and O–H groups in total. The number of benzene rings is 1. The molecule has 1 atom stereocenters. The second-order valence-electron chi connectivity index (χ2n) is 7.28. The summed E-state index contributed by atoms with van der Waals surface area (Å²) in [5.41, 5.74) is 0.862. The van der Waals surface area contributed by atoms with Crippen LogP contribution >= 0.6 is 0 Å². The Hall–Kier alpha value is -2.81. The molecule has 2 aromatic rings. The van der Waals surface area contributed by atoms with E-state index in [2.05, 4.69) is 27.5 Å². The topological polar surface area (TPSA) is 102 Å². The second kappa shape index (κ2) is 12.1. The summed E-state index contributed by atoms with van der Waals surface area (Å²) in [6.45, 7) is 5.11. The van der Waals surface area contributed by atoms with E-state index in [-0.39, 0.29) is 11.8 Å². The summed E-state index contributed by atoms with van der Waals surface area (Å²) in [7, 11) is -1.32. The van der Waals surface area contributed by atoms with Crippen LogP contribution < -0.4 is 20.1 Å². The molecule has 0 saturated heterocycles. The van der Waals surface area contributed by atoms with Crippen LogP contribution in [0.15, 0.2) is 47.6 Å². The Labute approximate surface area is 185 Å². The van der Waals surface area contributed by atoms with Gasteiger partial charge in [0, 0.05) is 37.7 Å². The number of rotatable bonds is 11. The van der Waals surface area contributed by atoms with E-state index in [1.54, 1.807) is 13.2 Å². The monoisotopic (exact) mass is 448 g/mol. The van der Waals surface area contributed by atoms with Gasteiger partial charge in [-0.3, -0.25) is 4.99 Å². The normalized spacial score (nSPS) is 12.8. The highest BCUT2D eigenvalue weighted by Crippen LogP contribution is 2.25. The first-order chi connectivity index (χ1) is 14.8. The number of ether oxygens (including phenoxy) is 2. The number of aromatic nitrogens is 1. The number of guanidine groups is 1. The number of aliphatic imine (C=N–C) groups is 1. The van der Waals surface area contributed by atoms with E-state index >= 15 is 0 Å². The highest BCUT2D eigenvalue weighted by atomic mass is 32.2. The maximum absolute atomic E-state index is 11.4. The van der Waals surface area contributed by atoms with Crippen LogP contribution in [0.1, 0.15) is 32.3 Å². The number of sulfone groups is 1. The van der Waals surface area contributed by atoms with Gasteiger partial charge in [0.15, 0.2) is 5.96 Å². The van der Waals surface area contributed by atoms with Crippen LogP contribution in [0.4, 0.5) is 0 Å². The standard InChI is InChI=1S/C22H32N4O4S/c1-5-14-29-19-8-10-20(11-9-19)30-21-18(7-6-13-24-21)16-25-22(23-3)26-17(2)12-15-31(4,27)28/h6-11,13,17H,5,12,14-16H2,1-4H3,(H2,23,25,26). The predicted molar refractivity (Wildman–Crippen MR) is 124 cm³/mol. The molecular weight excluding hydrogens is 416 g/mol. The van der Waals surface area contributed by atoms with Crippen molar-refractivity contribution in [2.75, 3.05) is 25.7 Å².